The molecule has 1 saturated heterocycles. The average Bonchev–Trinajstić information content (AvgIpc) is 2.53. The zero-order valence-electron chi connectivity index (χ0n) is 15.5. The van der Waals surface area contributed by atoms with Crippen molar-refractivity contribution in [1.29, 1.82) is 0 Å². The molecule has 0 radical (unpaired) electrons. The summed E-state index contributed by atoms with van der Waals surface area (Å²) in [4.78, 5) is 12.9. The summed E-state index contributed by atoms with van der Waals surface area (Å²) in [6, 6.07) is 9.82. The number of nitrogens with zero attached hydrogens (tertiary/aromatic N) is 1. The van der Waals surface area contributed by atoms with Crippen molar-refractivity contribution in [1.82, 2.24) is 10.4 Å². The molecule has 5 heteroatoms. The first-order chi connectivity index (χ1) is 11.1. The van der Waals surface area contributed by atoms with E-state index in [1.807, 2.05) is 65.0 Å². The van der Waals surface area contributed by atoms with Crippen LogP contribution in [0.4, 0.5) is 0 Å². The van der Waals surface area contributed by atoms with Crippen LogP contribution in [0.25, 0.3) is 0 Å². The summed E-state index contributed by atoms with van der Waals surface area (Å²) in [5, 5.41) is 15.0. The zero-order chi connectivity index (χ0) is 18.1. The molecule has 5 nitrogen and oxygen atoms in total. The second-order valence-electron chi connectivity index (χ2n) is 7.89. The van der Waals surface area contributed by atoms with Crippen LogP contribution < -0.4 is 5.32 Å². The molecule has 134 valence electrons. The molecule has 1 aliphatic rings. The van der Waals surface area contributed by atoms with Crippen molar-refractivity contribution in [3.8, 4) is 0 Å². The number of hydrogen-bond acceptors (Lipinski definition) is 4. The predicted molar refractivity (Wildman–Crippen MR) is 93.7 cm³/mol. The lowest BCUT2D eigenvalue weighted by molar-refractivity contribution is -0.283. The van der Waals surface area contributed by atoms with Crippen molar-refractivity contribution in [3.05, 3.63) is 35.9 Å². The molecule has 0 bridgehead atoms. The van der Waals surface area contributed by atoms with Gasteiger partial charge in [-0.05, 0) is 46.6 Å². The summed E-state index contributed by atoms with van der Waals surface area (Å²) in [5.74, 6) is -0.359. The van der Waals surface area contributed by atoms with Crippen LogP contribution in [0, 0.1) is 5.92 Å². The number of ether oxygens (including phenoxy) is 1. The largest absolute Gasteiger partial charge is 0.379 e. The smallest absolute Gasteiger partial charge is 0.226 e. The lowest BCUT2D eigenvalue weighted by atomic mass is 9.72. The van der Waals surface area contributed by atoms with Crippen LogP contribution in [0.3, 0.4) is 0 Å². The van der Waals surface area contributed by atoms with Gasteiger partial charge >= 0.3 is 0 Å². The maximum absolute atomic E-state index is 12.9. The zero-order valence-corrected chi connectivity index (χ0v) is 15.5. The molecule has 0 aliphatic carbocycles. The van der Waals surface area contributed by atoms with E-state index in [4.69, 9.17) is 4.74 Å². The number of nitrogens with one attached hydrogen (secondary N) is 1. The highest BCUT2D eigenvalue weighted by Gasteiger charge is 2.54. The molecule has 1 amide bonds. The third kappa shape index (κ3) is 3.48. The van der Waals surface area contributed by atoms with Crippen molar-refractivity contribution in [3.63, 3.8) is 0 Å². The average molecular weight is 334 g/mol. The van der Waals surface area contributed by atoms with E-state index in [1.165, 1.54) is 5.06 Å². The Morgan fingerprint density at radius 2 is 1.88 bits per heavy atom. The normalized spacial score (nSPS) is 27.5. The summed E-state index contributed by atoms with van der Waals surface area (Å²) in [6.07, 6.45) is 0.136. The van der Waals surface area contributed by atoms with Crippen LogP contribution >= 0.6 is 0 Å². The van der Waals surface area contributed by atoms with E-state index in [0.717, 1.165) is 5.56 Å². The van der Waals surface area contributed by atoms with E-state index in [1.54, 1.807) is 7.11 Å². The Hall–Kier alpha value is -1.43. The molecule has 2 rings (SSSR count). The van der Waals surface area contributed by atoms with Gasteiger partial charge in [-0.3, -0.25) is 4.79 Å². The number of amides is 1. The molecule has 24 heavy (non-hydrogen) atoms. The van der Waals surface area contributed by atoms with Gasteiger partial charge in [-0.15, -0.1) is 0 Å². The lowest BCUT2D eigenvalue weighted by Crippen LogP contribution is -2.68. The van der Waals surface area contributed by atoms with Gasteiger partial charge in [0.1, 0.15) is 0 Å². The van der Waals surface area contributed by atoms with Crippen molar-refractivity contribution in [2.75, 3.05) is 7.11 Å². The minimum absolute atomic E-state index is 0.0348. The van der Waals surface area contributed by atoms with Gasteiger partial charge in [0.15, 0.2) is 0 Å². The summed E-state index contributed by atoms with van der Waals surface area (Å²) in [5.41, 5.74) is -0.0942. The quantitative estimate of drug-likeness (QED) is 0.888. The van der Waals surface area contributed by atoms with Gasteiger partial charge in [-0.1, -0.05) is 30.3 Å². The van der Waals surface area contributed by atoms with Crippen LogP contribution in [0.5, 0.6) is 0 Å². The summed E-state index contributed by atoms with van der Waals surface area (Å²) in [6.45, 7) is 9.68. The van der Waals surface area contributed by atoms with Gasteiger partial charge in [0.25, 0.3) is 0 Å². The highest BCUT2D eigenvalue weighted by atomic mass is 16.5. The molecule has 0 saturated carbocycles. The highest BCUT2D eigenvalue weighted by molar-refractivity contribution is 5.80. The van der Waals surface area contributed by atoms with Crippen LogP contribution in [-0.2, 0) is 9.53 Å². The molecule has 1 aliphatic heterocycles. The van der Waals surface area contributed by atoms with Crippen molar-refractivity contribution in [2.24, 2.45) is 5.92 Å². The second kappa shape index (κ2) is 6.82. The summed E-state index contributed by atoms with van der Waals surface area (Å²) >= 11 is 0. The van der Waals surface area contributed by atoms with Gasteiger partial charge < -0.3 is 15.3 Å². The van der Waals surface area contributed by atoms with Gasteiger partial charge in [0.05, 0.1) is 23.6 Å². The lowest BCUT2D eigenvalue weighted by Gasteiger charge is -2.54. The van der Waals surface area contributed by atoms with Crippen LogP contribution in [0.15, 0.2) is 30.3 Å². The molecule has 1 aromatic rings. The van der Waals surface area contributed by atoms with E-state index in [0.29, 0.717) is 6.42 Å². The van der Waals surface area contributed by atoms with Crippen molar-refractivity contribution < 1.29 is 14.7 Å². The Kier molecular flexibility index (Phi) is 5.37. The van der Waals surface area contributed by atoms with E-state index in [-0.39, 0.29) is 17.9 Å². The molecule has 1 fully saturated rings. The first-order valence-corrected chi connectivity index (χ1v) is 8.48. The van der Waals surface area contributed by atoms with Crippen molar-refractivity contribution >= 4 is 5.91 Å². The molecule has 1 heterocycles. The monoisotopic (exact) mass is 334 g/mol. The molecular weight excluding hydrogens is 304 g/mol. The molecule has 3 unspecified atom stereocenters. The van der Waals surface area contributed by atoms with E-state index in [9.17, 15) is 10.0 Å². The first-order valence-electron chi connectivity index (χ1n) is 8.48. The second-order valence-corrected chi connectivity index (χ2v) is 7.89. The maximum atomic E-state index is 12.9. The van der Waals surface area contributed by atoms with E-state index in [2.05, 4.69) is 5.32 Å². The number of carbonyl (C=O) groups excluding carboxylic acids is 1. The number of benzene rings is 1. The first kappa shape index (κ1) is 18.9. The predicted octanol–water partition coefficient (Wildman–Crippen LogP) is 3.15. The minimum atomic E-state index is -0.658. The third-order valence-electron chi connectivity index (χ3n) is 5.15. The van der Waals surface area contributed by atoms with Crippen LogP contribution in [-0.4, -0.2) is 40.5 Å². The van der Waals surface area contributed by atoms with Gasteiger partial charge in [0.2, 0.25) is 5.91 Å². The molecular formula is C19H30N2O3. The molecule has 3 atom stereocenters. The summed E-state index contributed by atoms with van der Waals surface area (Å²) in [7, 11) is 1.60. The Bertz CT molecular complexity index is 571. The minimum Gasteiger partial charge on any atom is -0.379 e. The number of carbonyl (C=O) groups is 1. The number of hydroxylamine groups is 2. The van der Waals surface area contributed by atoms with Crippen molar-refractivity contribution in [2.45, 2.75) is 64.3 Å². The van der Waals surface area contributed by atoms with Crippen LogP contribution in [0.2, 0.25) is 0 Å². The Labute approximate surface area is 145 Å². The van der Waals surface area contributed by atoms with E-state index < -0.39 is 17.2 Å². The fourth-order valence-electron chi connectivity index (χ4n) is 3.95. The Balaban J connectivity index is 2.20. The molecule has 2 N–H and O–H groups in total. The SMILES string of the molecule is COC1C(C(=O)NC(C)c2ccccc2)CC(C)(C)N(O)C1(C)C. The van der Waals surface area contributed by atoms with Gasteiger partial charge in [-0.2, -0.15) is 5.06 Å². The number of piperidine rings is 1. The third-order valence-corrected chi connectivity index (χ3v) is 5.15. The summed E-state index contributed by atoms with van der Waals surface area (Å²) < 4.78 is 5.63. The topological polar surface area (TPSA) is 61.8 Å². The fourth-order valence-corrected chi connectivity index (χ4v) is 3.95. The number of rotatable bonds is 4. The van der Waals surface area contributed by atoms with Gasteiger partial charge in [-0.25, -0.2) is 0 Å². The fraction of sp³-hybridized carbons (Fsp3) is 0.632. The number of hydrogen-bond donors (Lipinski definition) is 2. The number of methoxy groups -OCH3 is 1. The Morgan fingerprint density at radius 3 is 2.42 bits per heavy atom. The standard InChI is InChI=1S/C19H30N2O3/c1-13(14-10-8-7-9-11-14)20-17(22)15-12-18(2,3)21(23)19(4,5)16(15)24-6/h7-11,13,15-16,23H,12H2,1-6H3,(H,20,22). The van der Waals surface area contributed by atoms with Crippen LogP contribution in [0.1, 0.15) is 52.6 Å². The maximum Gasteiger partial charge on any atom is 0.226 e. The van der Waals surface area contributed by atoms with Gasteiger partial charge in [0, 0.05) is 12.6 Å². The molecule has 0 spiro atoms. The van der Waals surface area contributed by atoms with E-state index >= 15 is 0 Å². The Morgan fingerprint density at radius 1 is 1.29 bits per heavy atom. The highest BCUT2D eigenvalue weighted by Crippen LogP contribution is 2.41. The molecule has 0 aromatic heterocycles. The molecule has 1 aromatic carbocycles.